The molecule has 0 bridgehead atoms. The number of hydrogen-bond donors (Lipinski definition) is 2. The summed E-state index contributed by atoms with van der Waals surface area (Å²) in [4.78, 5) is 0. The number of ether oxygens (including phenoxy) is 8. The lowest BCUT2D eigenvalue weighted by Crippen LogP contribution is -2.32. The Hall–Kier alpha value is -1.50. The van der Waals surface area contributed by atoms with E-state index >= 15 is 0 Å². The number of fused-ring (bicyclic) bond motifs is 2. The molecule has 4 fully saturated rings. The minimum atomic E-state index is -0.554. The van der Waals surface area contributed by atoms with Crippen LogP contribution in [0.5, 0.6) is 11.5 Å². The van der Waals surface area contributed by atoms with Crippen LogP contribution in [-0.2, 0) is 28.4 Å². The monoisotopic (exact) mass is 520 g/mol. The Bertz CT molecular complexity index is 699. The van der Waals surface area contributed by atoms with Gasteiger partial charge in [-0.05, 0) is 30.7 Å². The van der Waals surface area contributed by atoms with Crippen LogP contribution in [0.4, 0.5) is 0 Å². The molecule has 0 amide bonds. The fraction of sp³-hybridized carbons (Fsp3) is 0.769. The normalized spacial score (nSPS) is 33.2. The zero-order chi connectivity index (χ0) is 24.0. The van der Waals surface area contributed by atoms with E-state index in [1.165, 1.54) is 0 Å². The van der Waals surface area contributed by atoms with Gasteiger partial charge in [-0.25, -0.2) is 0 Å². The number of aryl methyl sites for hydroxylation is 1. The van der Waals surface area contributed by atoms with Crippen LogP contribution in [-0.4, -0.2) is 114 Å². The van der Waals surface area contributed by atoms with Gasteiger partial charge in [-0.2, -0.15) is 0 Å². The molecule has 5 rings (SSSR count). The SMILES string of the molecule is C.C.C.CO[C@@H]1CO[C@H]2[C@@H]1OC[C@H]2OC.COc1ccc(OC)c(C)c1.O[C@@H]1COC2C1OC[C@@H]2O. The molecule has 4 aliphatic rings. The quantitative estimate of drug-likeness (QED) is 0.613. The maximum Gasteiger partial charge on any atom is 0.122 e. The van der Waals surface area contributed by atoms with E-state index in [0.29, 0.717) is 13.2 Å². The van der Waals surface area contributed by atoms with Gasteiger partial charge >= 0.3 is 0 Å². The molecule has 8 atom stereocenters. The Balaban J connectivity index is 0.000000492. The summed E-state index contributed by atoms with van der Waals surface area (Å²) in [6.45, 7) is 3.79. The summed E-state index contributed by atoms with van der Waals surface area (Å²) in [6.07, 6.45) is -1.40. The van der Waals surface area contributed by atoms with E-state index in [1.807, 2.05) is 25.1 Å². The number of aliphatic hydroxyl groups is 2. The Kier molecular flexibility index (Phi) is 15.7. The van der Waals surface area contributed by atoms with E-state index in [-0.39, 0.29) is 72.1 Å². The summed E-state index contributed by atoms with van der Waals surface area (Å²) < 4.78 is 41.7. The van der Waals surface area contributed by atoms with Gasteiger partial charge in [-0.3, -0.25) is 0 Å². The Morgan fingerprint density at radius 2 is 1.11 bits per heavy atom. The van der Waals surface area contributed by atoms with Crippen LogP contribution >= 0.6 is 0 Å². The van der Waals surface area contributed by atoms with Crippen LogP contribution in [0.25, 0.3) is 0 Å². The second-order valence-electron chi connectivity index (χ2n) is 8.21. The summed E-state index contributed by atoms with van der Waals surface area (Å²) in [7, 11) is 6.68. The third-order valence-corrected chi connectivity index (χ3v) is 6.17. The molecular formula is C26H48O10. The van der Waals surface area contributed by atoms with E-state index in [1.54, 1.807) is 28.4 Å². The van der Waals surface area contributed by atoms with Crippen LogP contribution in [0.1, 0.15) is 27.8 Å². The van der Waals surface area contributed by atoms with Gasteiger partial charge in [0.15, 0.2) is 0 Å². The number of hydrogen-bond acceptors (Lipinski definition) is 10. The minimum absolute atomic E-state index is 0. The van der Waals surface area contributed by atoms with Gasteiger partial charge in [0.2, 0.25) is 0 Å². The molecule has 10 nitrogen and oxygen atoms in total. The van der Waals surface area contributed by atoms with Crippen LogP contribution in [0.3, 0.4) is 0 Å². The van der Waals surface area contributed by atoms with Crippen molar-refractivity contribution in [2.24, 2.45) is 0 Å². The molecule has 0 spiro atoms. The first-order valence-electron chi connectivity index (χ1n) is 11.0. The first kappa shape index (κ1) is 34.5. The minimum Gasteiger partial charge on any atom is -0.497 e. The summed E-state index contributed by atoms with van der Waals surface area (Å²) in [6, 6.07) is 5.72. The highest BCUT2D eigenvalue weighted by atomic mass is 16.6. The topological polar surface area (TPSA) is 114 Å². The highest BCUT2D eigenvalue weighted by molar-refractivity contribution is 5.39. The first-order valence-corrected chi connectivity index (χ1v) is 11.0. The number of aliphatic hydroxyl groups excluding tert-OH is 2. The second kappa shape index (κ2) is 16.4. The van der Waals surface area contributed by atoms with E-state index in [2.05, 4.69) is 0 Å². The summed E-state index contributed by atoms with van der Waals surface area (Å²) >= 11 is 0. The van der Waals surface area contributed by atoms with Gasteiger partial charge in [-0.1, -0.05) is 22.3 Å². The molecule has 2 N–H and O–H groups in total. The van der Waals surface area contributed by atoms with Crippen molar-refractivity contribution >= 4 is 0 Å². The molecule has 0 aromatic heterocycles. The highest BCUT2D eigenvalue weighted by Crippen LogP contribution is 2.29. The van der Waals surface area contributed by atoms with E-state index in [9.17, 15) is 0 Å². The highest BCUT2D eigenvalue weighted by Gasteiger charge is 2.48. The van der Waals surface area contributed by atoms with E-state index in [4.69, 9.17) is 48.1 Å². The molecule has 2 unspecified atom stereocenters. The van der Waals surface area contributed by atoms with Crippen molar-refractivity contribution in [3.05, 3.63) is 23.8 Å². The Morgan fingerprint density at radius 3 is 1.47 bits per heavy atom. The van der Waals surface area contributed by atoms with Crippen molar-refractivity contribution < 1.29 is 48.1 Å². The third-order valence-electron chi connectivity index (χ3n) is 6.17. The Labute approximate surface area is 216 Å². The van der Waals surface area contributed by atoms with E-state index in [0.717, 1.165) is 17.1 Å². The molecule has 0 saturated carbocycles. The third kappa shape index (κ3) is 8.00. The molecule has 1 aromatic rings. The van der Waals surface area contributed by atoms with Gasteiger partial charge in [0.25, 0.3) is 0 Å². The zero-order valence-corrected chi connectivity index (χ0v) is 19.8. The molecule has 36 heavy (non-hydrogen) atoms. The number of rotatable bonds is 4. The zero-order valence-electron chi connectivity index (χ0n) is 19.8. The second-order valence-corrected chi connectivity index (χ2v) is 8.21. The largest absolute Gasteiger partial charge is 0.497 e. The van der Waals surface area contributed by atoms with Gasteiger partial charge in [0, 0.05) is 14.2 Å². The van der Waals surface area contributed by atoms with Crippen molar-refractivity contribution in [1.29, 1.82) is 0 Å². The average molecular weight is 521 g/mol. The Morgan fingerprint density at radius 1 is 0.667 bits per heavy atom. The first-order chi connectivity index (χ1) is 15.9. The molecule has 4 saturated heterocycles. The summed E-state index contributed by atoms with van der Waals surface area (Å²) in [5.74, 6) is 1.76. The van der Waals surface area contributed by atoms with Crippen LogP contribution in [0, 0.1) is 6.92 Å². The lowest BCUT2D eigenvalue weighted by molar-refractivity contribution is -0.0267. The average Bonchev–Trinajstić information content (AvgIpc) is 3.59. The van der Waals surface area contributed by atoms with Gasteiger partial charge < -0.3 is 48.1 Å². The summed E-state index contributed by atoms with van der Waals surface area (Å²) in [5.41, 5.74) is 1.09. The van der Waals surface area contributed by atoms with Crippen molar-refractivity contribution in [3.63, 3.8) is 0 Å². The van der Waals surface area contributed by atoms with Crippen molar-refractivity contribution in [3.8, 4) is 11.5 Å². The lowest BCUT2D eigenvalue weighted by atomic mass is 10.1. The van der Waals surface area contributed by atoms with Crippen molar-refractivity contribution in [2.45, 2.75) is 78.0 Å². The maximum atomic E-state index is 9.16. The molecule has 10 heteroatoms. The molecule has 1 aromatic carbocycles. The fourth-order valence-corrected chi connectivity index (χ4v) is 4.27. The maximum absolute atomic E-state index is 9.16. The van der Waals surface area contributed by atoms with Gasteiger partial charge in [-0.15, -0.1) is 0 Å². The molecular weight excluding hydrogens is 472 g/mol. The lowest BCUT2D eigenvalue weighted by Gasteiger charge is -2.14. The number of benzene rings is 1. The van der Waals surface area contributed by atoms with E-state index < -0.39 is 12.2 Å². The molecule has 212 valence electrons. The van der Waals surface area contributed by atoms with Gasteiger partial charge in [0.05, 0.1) is 40.6 Å². The van der Waals surface area contributed by atoms with Crippen molar-refractivity contribution in [1.82, 2.24) is 0 Å². The van der Waals surface area contributed by atoms with Crippen LogP contribution in [0.15, 0.2) is 18.2 Å². The van der Waals surface area contributed by atoms with Crippen LogP contribution in [0.2, 0.25) is 0 Å². The smallest absolute Gasteiger partial charge is 0.122 e. The standard InChI is InChI=1S/C9H12O2.C8H14O4.C6H10O4.3CH4/c1-7-6-8(10-2)4-5-9(7)11-3;1-9-5-3-11-8-6(10-2)4-12-7(5)8;7-3-1-9-6-4(8)2-10-5(3)6;;;/h4-6H,1-3H3;5-8H,3-4H2,1-2H3;3-8H,1-2H2;3*1H4/t;5-,6-,7-,8-;3-,4+,5?,6?;;;/m.1..../s1. The molecule has 4 heterocycles. The predicted octanol–water partition coefficient (Wildman–Crippen LogP) is 2.24. The van der Waals surface area contributed by atoms with Crippen LogP contribution < -0.4 is 9.47 Å². The molecule has 0 radical (unpaired) electrons. The molecule has 4 aliphatic heterocycles. The fourth-order valence-electron chi connectivity index (χ4n) is 4.27. The van der Waals surface area contributed by atoms with Gasteiger partial charge in [0.1, 0.15) is 60.3 Å². The van der Waals surface area contributed by atoms with Crippen molar-refractivity contribution in [2.75, 3.05) is 54.9 Å². The predicted molar refractivity (Wildman–Crippen MR) is 137 cm³/mol. The molecule has 0 aliphatic carbocycles. The summed E-state index contributed by atoms with van der Waals surface area (Å²) in [5, 5.41) is 18.3. The number of methoxy groups -OCH3 is 4.